The molecule has 0 aromatic heterocycles. The van der Waals surface area contributed by atoms with Gasteiger partial charge in [0.25, 0.3) is 0 Å². The highest BCUT2D eigenvalue weighted by atomic mass is 35.5. The Hall–Kier alpha value is -1.30. The summed E-state index contributed by atoms with van der Waals surface area (Å²) in [5.41, 5.74) is 0.867. The van der Waals surface area contributed by atoms with E-state index in [0.29, 0.717) is 23.1 Å². The predicted octanol–water partition coefficient (Wildman–Crippen LogP) is 2.82. The zero-order chi connectivity index (χ0) is 17.1. The molecular formula is C16H20Cl2N2O3. The van der Waals surface area contributed by atoms with Gasteiger partial charge in [-0.15, -0.1) is 0 Å². The average Bonchev–Trinajstić information content (AvgIpc) is 2.82. The first-order valence-electron chi connectivity index (χ1n) is 7.47. The van der Waals surface area contributed by atoms with Crippen LogP contribution in [0.15, 0.2) is 18.2 Å². The first-order chi connectivity index (χ1) is 10.8. The highest BCUT2D eigenvalue weighted by Crippen LogP contribution is 2.26. The molecule has 1 aliphatic rings. The number of nitrogens with one attached hydrogen (secondary N) is 1. The molecule has 3 atom stereocenters. The molecule has 1 heterocycles. The van der Waals surface area contributed by atoms with Crippen LogP contribution >= 0.6 is 23.2 Å². The zero-order valence-corrected chi connectivity index (χ0v) is 14.6. The molecule has 1 aromatic rings. The summed E-state index contributed by atoms with van der Waals surface area (Å²) >= 11 is 11.9. The topological polar surface area (TPSA) is 69.6 Å². The highest BCUT2D eigenvalue weighted by molar-refractivity contribution is 6.42. The highest BCUT2D eigenvalue weighted by Gasteiger charge is 2.35. The molecular weight excluding hydrogens is 339 g/mol. The fourth-order valence-electron chi connectivity index (χ4n) is 2.87. The van der Waals surface area contributed by atoms with Gasteiger partial charge in [0.15, 0.2) is 0 Å². The number of carbonyl (C=O) groups is 2. The second-order valence-corrected chi connectivity index (χ2v) is 6.89. The molecule has 7 heteroatoms. The number of amides is 1. The van der Waals surface area contributed by atoms with Crippen LogP contribution < -0.4 is 5.32 Å². The van der Waals surface area contributed by atoms with Gasteiger partial charge in [-0.25, -0.2) is 0 Å². The van der Waals surface area contributed by atoms with Crippen LogP contribution in [0.3, 0.4) is 0 Å². The van der Waals surface area contributed by atoms with E-state index >= 15 is 0 Å². The van der Waals surface area contributed by atoms with Crippen LogP contribution in [-0.2, 0) is 9.59 Å². The van der Waals surface area contributed by atoms with Crippen LogP contribution in [0.25, 0.3) is 0 Å². The van der Waals surface area contributed by atoms with Gasteiger partial charge < -0.3 is 10.4 Å². The summed E-state index contributed by atoms with van der Waals surface area (Å²) in [5, 5.41) is 12.9. The van der Waals surface area contributed by atoms with E-state index in [9.17, 15) is 9.59 Å². The third-order valence-corrected chi connectivity index (χ3v) is 4.93. The molecule has 1 unspecified atom stereocenters. The van der Waals surface area contributed by atoms with E-state index in [1.165, 1.54) is 0 Å². The standard InChI is InChI=1S/C16H20Cl2N2O3/c1-9-6-20(7-12(9)16(22)23)8-15(21)19-10(2)11-3-4-13(17)14(18)5-11/h3-5,9-10,12H,6-8H2,1-2H3,(H,19,21)(H,22,23)/t9-,10?,12-/m1/s1. The van der Waals surface area contributed by atoms with Gasteiger partial charge in [-0.3, -0.25) is 14.5 Å². The fourth-order valence-corrected chi connectivity index (χ4v) is 3.18. The molecule has 2 rings (SSSR count). The lowest BCUT2D eigenvalue weighted by atomic mass is 9.99. The lowest BCUT2D eigenvalue weighted by Gasteiger charge is -2.19. The Labute approximate surface area is 145 Å². The summed E-state index contributed by atoms with van der Waals surface area (Å²) in [5.74, 6) is -1.30. The number of benzene rings is 1. The van der Waals surface area contributed by atoms with Crippen molar-refractivity contribution in [3.05, 3.63) is 33.8 Å². The maximum atomic E-state index is 12.2. The van der Waals surface area contributed by atoms with E-state index in [1.54, 1.807) is 12.1 Å². The van der Waals surface area contributed by atoms with Gasteiger partial charge in [-0.05, 0) is 30.5 Å². The van der Waals surface area contributed by atoms with Gasteiger partial charge in [0.1, 0.15) is 0 Å². The normalized spacial score (nSPS) is 22.8. The Kier molecular flexibility index (Phi) is 5.89. The Balaban J connectivity index is 1.89. The van der Waals surface area contributed by atoms with Crippen molar-refractivity contribution in [2.45, 2.75) is 19.9 Å². The number of likely N-dealkylation sites (tertiary alicyclic amines) is 1. The quantitative estimate of drug-likeness (QED) is 0.848. The summed E-state index contributed by atoms with van der Waals surface area (Å²) in [7, 11) is 0. The minimum absolute atomic E-state index is 0.0489. The summed E-state index contributed by atoms with van der Waals surface area (Å²) in [4.78, 5) is 25.1. The number of aliphatic carboxylic acids is 1. The van der Waals surface area contributed by atoms with E-state index < -0.39 is 11.9 Å². The Morgan fingerprint density at radius 1 is 1.35 bits per heavy atom. The molecule has 1 aromatic carbocycles. The van der Waals surface area contributed by atoms with Crippen LogP contribution in [0, 0.1) is 11.8 Å². The van der Waals surface area contributed by atoms with Crippen LogP contribution in [0.5, 0.6) is 0 Å². The molecule has 0 bridgehead atoms. The summed E-state index contributed by atoms with van der Waals surface area (Å²) < 4.78 is 0. The van der Waals surface area contributed by atoms with Crippen LogP contribution in [0.4, 0.5) is 0 Å². The summed E-state index contributed by atoms with van der Waals surface area (Å²) in [6.45, 7) is 4.98. The molecule has 1 aliphatic heterocycles. The number of carboxylic acids is 1. The van der Waals surface area contributed by atoms with Crippen molar-refractivity contribution in [2.75, 3.05) is 19.6 Å². The van der Waals surface area contributed by atoms with E-state index in [2.05, 4.69) is 5.32 Å². The molecule has 126 valence electrons. The monoisotopic (exact) mass is 358 g/mol. The van der Waals surface area contributed by atoms with Gasteiger partial charge in [0, 0.05) is 13.1 Å². The van der Waals surface area contributed by atoms with Crippen LogP contribution in [0.2, 0.25) is 10.0 Å². The molecule has 5 nitrogen and oxygen atoms in total. The van der Waals surface area contributed by atoms with Gasteiger partial charge >= 0.3 is 5.97 Å². The number of halogens is 2. The van der Waals surface area contributed by atoms with Gasteiger partial charge in [0.2, 0.25) is 5.91 Å². The van der Waals surface area contributed by atoms with Crippen LogP contribution in [-0.4, -0.2) is 41.5 Å². The van der Waals surface area contributed by atoms with Crippen molar-refractivity contribution in [1.82, 2.24) is 10.2 Å². The summed E-state index contributed by atoms with van der Waals surface area (Å²) in [6, 6.07) is 5.04. The lowest BCUT2D eigenvalue weighted by molar-refractivity contribution is -0.142. The number of carboxylic acid groups (broad SMARTS) is 1. The summed E-state index contributed by atoms with van der Waals surface area (Å²) in [6.07, 6.45) is 0. The molecule has 2 N–H and O–H groups in total. The first kappa shape index (κ1) is 18.0. The minimum Gasteiger partial charge on any atom is -0.481 e. The van der Waals surface area contributed by atoms with Crippen molar-refractivity contribution < 1.29 is 14.7 Å². The van der Waals surface area contributed by atoms with Crippen LogP contribution in [0.1, 0.15) is 25.5 Å². The molecule has 0 aliphatic carbocycles. The second-order valence-electron chi connectivity index (χ2n) is 6.08. The zero-order valence-electron chi connectivity index (χ0n) is 13.1. The Morgan fingerprint density at radius 3 is 2.61 bits per heavy atom. The smallest absolute Gasteiger partial charge is 0.308 e. The number of hydrogen-bond donors (Lipinski definition) is 2. The fraction of sp³-hybridized carbons (Fsp3) is 0.500. The maximum absolute atomic E-state index is 12.2. The lowest BCUT2D eigenvalue weighted by Crippen LogP contribution is -2.37. The van der Waals surface area contributed by atoms with Gasteiger partial charge in [0.05, 0.1) is 28.5 Å². The number of nitrogens with zero attached hydrogens (tertiary/aromatic N) is 1. The number of carbonyl (C=O) groups excluding carboxylic acids is 1. The SMILES string of the molecule is CC(NC(=O)CN1C[C@@H](C)[C@H](C(=O)O)C1)c1ccc(Cl)c(Cl)c1. The molecule has 1 saturated heterocycles. The molecule has 0 spiro atoms. The molecule has 23 heavy (non-hydrogen) atoms. The average molecular weight is 359 g/mol. The Bertz CT molecular complexity index is 609. The molecule has 0 radical (unpaired) electrons. The van der Waals surface area contributed by atoms with Crippen molar-refractivity contribution in [3.8, 4) is 0 Å². The largest absolute Gasteiger partial charge is 0.481 e. The number of hydrogen-bond acceptors (Lipinski definition) is 3. The second kappa shape index (κ2) is 7.51. The minimum atomic E-state index is -0.801. The first-order valence-corrected chi connectivity index (χ1v) is 8.23. The van der Waals surface area contributed by atoms with Crippen molar-refractivity contribution in [2.24, 2.45) is 11.8 Å². The molecule has 1 amide bonds. The third kappa shape index (κ3) is 4.59. The van der Waals surface area contributed by atoms with E-state index in [4.69, 9.17) is 28.3 Å². The molecule has 1 fully saturated rings. The molecule has 0 saturated carbocycles. The number of rotatable bonds is 5. The van der Waals surface area contributed by atoms with Crippen molar-refractivity contribution in [3.63, 3.8) is 0 Å². The van der Waals surface area contributed by atoms with E-state index in [-0.39, 0.29) is 24.4 Å². The van der Waals surface area contributed by atoms with Crippen molar-refractivity contribution >= 4 is 35.1 Å². The Morgan fingerprint density at radius 2 is 2.04 bits per heavy atom. The van der Waals surface area contributed by atoms with Crippen molar-refractivity contribution in [1.29, 1.82) is 0 Å². The third-order valence-electron chi connectivity index (χ3n) is 4.19. The maximum Gasteiger partial charge on any atom is 0.308 e. The van der Waals surface area contributed by atoms with Gasteiger partial charge in [-0.1, -0.05) is 36.2 Å². The predicted molar refractivity (Wildman–Crippen MR) is 89.7 cm³/mol. The van der Waals surface area contributed by atoms with E-state index in [0.717, 1.165) is 5.56 Å². The van der Waals surface area contributed by atoms with E-state index in [1.807, 2.05) is 24.8 Å². The van der Waals surface area contributed by atoms with Gasteiger partial charge in [-0.2, -0.15) is 0 Å².